The molecule has 2 heterocycles. The fraction of sp³-hybridized carbons (Fsp3) is 0.200. The van der Waals surface area contributed by atoms with Crippen LogP contribution in [0.2, 0.25) is 0 Å². The molecule has 4 rings (SSSR count). The summed E-state index contributed by atoms with van der Waals surface area (Å²) in [5, 5.41) is 1.11. The molecular weight excluding hydrogens is 298 g/mol. The Hall–Kier alpha value is -2.72. The summed E-state index contributed by atoms with van der Waals surface area (Å²) >= 11 is 0. The molecular formula is C20H19N3O. The number of aromatic nitrogens is 1. The van der Waals surface area contributed by atoms with E-state index in [1.807, 2.05) is 30.5 Å². The molecule has 4 nitrogen and oxygen atoms in total. The normalized spacial score (nSPS) is 17.6. The first-order chi connectivity index (χ1) is 11.7. The van der Waals surface area contributed by atoms with Crippen LogP contribution in [0.5, 0.6) is 0 Å². The van der Waals surface area contributed by atoms with Gasteiger partial charge >= 0.3 is 0 Å². The summed E-state index contributed by atoms with van der Waals surface area (Å²) in [5.41, 5.74) is 10.3. The number of fused-ring (bicyclic) bond motifs is 2. The van der Waals surface area contributed by atoms with Crippen molar-refractivity contribution in [3.63, 3.8) is 0 Å². The van der Waals surface area contributed by atoms with Gasteiger partial charge in [0.05, 0.1) is 11.6 Å². The van der Waals surface area contributed by atoms with E-state index in [9.17, 15) is 4.79 Å². The summed E-state index contributed by atoms with van der Waals surface area (Å²) in [6, 6.07) is 18.2. The van der Waals surface area contributed by atoms with Gasteiger partial charge in [-0.15, -0.1) is 0 Å². The lowest BCUT2D eigenvalue weighted by Crippen LogP contribution is -2.48. The number of hydrogen-bond acceptors (Lipinski definition) is 3. The summed E-state index contributed by atoms with van der Waals surface area (Å²) in [4.78, 5) is 18.7. The molecule has 24 heavy (non-hydrogen) atoms. The second kappa shape index (κ2) is 6.06. The van der Waals surface area contributed by atoms with Crippen LogP contribution in [0.15, 0.2) is 60.8 Å². The lowest BCUT2D eigenvalue weighted by atomic mass is 9.93. The van der Waals surface area contributed by atoms with Crippen LogP contribution in [0.25, 0.3) is 10.9 Å². The zero-order valence-electron chi connectivity index (χ0n) is 13.4. The van der Waals surface area contributed by atoms with Crippen LogP contribution < -0.4 is 5.73 Å². The van der Waals surface area contributed by atoms with Gasteiger partial charge in [-0.05, 0) is 29.2 Å². The highest BCUT2D eigenvalue weighted by Gasteiger charge is 2.30. The number of carbonyl (C=O) groups excluding carboxylic acids is 1. The average molecular weight is 317 g/mol. The zero-order valence-corrected chi connectivity index (χ0v) is 13.4. The van der Waals surface area contributed by atoms with E-state index in [0.29, 0.717) is 13.0 Å². The molecule has 0 saturated heterocycles. The maximum absolute atomic E-state index is 12.0. The van der Waals surface area contributed by atoms with Crippen molar-refractivity contribution in [1.29, 1.82) is 0 Å². The zero-order chi connectivity index (χ0) is 16.5. The number of carbonyl (C=O) groups is 1. The number of pyridine rings is 1. The molecule has 0 bridgehead atoms. The maximum atomic E-state index is 12.0. The largest absolute Gasteiger partial charge is 0.368 e. The van der Waals surface area contributed by atoms with Gasteiger partial charge in [0.25, 0.3) is 0 Å². The van der Waals surface area contributed by atoms with Crippen molar-refractivity contribution in [3.8, 4) is 0 Å². The van der Waals surface area contributed by atoms with E-state index in [-0.39, 0.29) is 11.9 Å². The van der Waals surface area contributed by atoms with Gasteiger partial charge in [-0.3, -0.25) is 14.7 Å². The predicted octanol–water partition coefficient (Wildman–Crippen LogP) is 2.65. The predicted molar refractivity (Wildman–Crippen MR) is 94.1 cm³/mol. The molecule has 0 saturated carbocycles. The van der Waals surface area contributed by atoms with Crippen molar-refractivity contribution in [2.45, 2.75) is 25.6 Å². The van der Waals surface area contributed by atoms with Crippen molar-refractivity contribution < 1.29 is 4.79 Å². The van der Waals surface area contributed by atoms with Gasteiger partial charge in [0.2, 0.25) is 5.91 Å². The molecule has 0 spiro atoms. The minimum atomic E-state index is -0.279. The molecule has 1 atom stereocenters. The molecule has 1 aliphatic heterocycles. The fourth-order valence-corrected chi connectivity index (χ4v) is 3.54. The number of rotatable bonds is 3. The van der Waals surface area contributed by atoms with Crippen LogP contribution in [0, 0.1) is 0 Å². The molecule has 120 valence electrons. The van der Waals surface area contributed by atoms with Crippen LogP contribution in [0.1, 0.15) is 16.7 Å². The first-order valence-corrected chi connectivity index (χ1v) is 8.15. The Morgan fingerprint density at radius 2 is 1.88 bits per heavy atom. The van der Waals surface area contributed by atoms with Crippen molar-refractivity contribution in [1.82, 2.24) is 9.88 Å². The summed E-state index contributed by atoms with van der Waals surface area (Å²) in [7, 11) is 0. The van der Waals surface area contributed by atoms with E-state index >= 15 is 0 Å². The summed E-state index contributed by atoms with van der Waals surface area (Å²) in [5.74, 6) is -0.266. The number of para-hydroxylation sites is 1. The molecule has 0 fully saturated rings. The van der Waals surface area contributed by atoms with Crippen LogP contribution in [-0.2, 0) is 24.3 Å². The highest BCUT2D eigenvalue weighted by Crippen LogP contribution is 2.26. The van der Waals surface area contributed by atoms with E-state index in [0.717, 1.165) is 23.0 Å². The molecule has 3 aromatic rings. The number of primary amides is 1. The summed E-state index contributed by atoms with van der Waals surface area (Å²) < 4.78 is 0. The van der Waals surface area contributed by atoms with Crippen molar-refractivity contribution >= 4 is 16.8 Å². The smallest absolute Gasteiger partial charge is 0.235 e. The maximum Gasteiger partial charge on any atom is 0.235 e. The minimum absolute atomic E-state index is 0.266. The van der Waals surface area contributed by atoms with Gasteiger partial charge in [0, 0.05) is 24.7 Å². The van der Waals surface area contributed by atoms with E-state index in [4.69, 9.17) is 5.73 Å². The third-order valence-electron chi connectivity index (χ3n) is 4.76. The van der Waals surface area contributed by atoms with Crippen molar-refractivity contribution in [2.24, 2.45) is 5.73 Å². The molecule has 1 aromatic heterocycles. The van der Waals surface area contributed by atoms with Gasteiger partial charge in [0.1, 0.15) is 0 Å². The van der Waals surface area contributed by atoms with E-state index in [1.165, 1.54) is 11.1 Å². The van der Waals surface area contributed by atoms with Crippen LogP contribution in [0.3, 0.4) is 0 Å². The highest BCUT2D eigenvalue weighted by molar-refractivity contribution is 5.82. The number of hydrogen-bond donors (Lipinski definition) is 1. The average Bonchev–Trinajstić information content (AvgIpc) is 2.61. The first-order valence-electron chi connectivity index (χ1n) is 8.15. The lowest BCUT2D eigenvalue weighted by Gasteiger charge is -2.35. The van der Waals surface area contributed by atoms with Gasteiger partial charge in [-0.2, -0.15) is 0 Å². The van der Waals surface area contributed by atoms with Crippen LogP contribution in [0.4, 0.5) is 0 Å². The summed E-state index contributed by atoms with van der Waals surface area (Å²) in [6.07, 6.45) is 2.48. The number of nitrogens with zero attached hydrogens (tertiary/aromatic N) is 2. The first kappa shape index (κ1) is 14.8. The number of benzene rings is 2. The molecule has 1 amide bonds. The molecule has 4 heteroatoms. The van der Waals surface area contributed by atoms with E-state index in [1.54, 1.807) is 0 Å². The van der Waals surface area contributed by atoms with Crippen molar-refractivity contribution in [2.75, 3.05) is 0 Å². The topological polar surface area (TPSA) is 59.2 Å². The second-order valence-electron chi connectivity index (χ2n) is 6.29. The Labute approximate surface area is 140 Å². The molecule has 2 N–H and O–H groups in total. The monoisotopic (exact) mass is 317 g/mol. The van der Waals surface area contributed by atoms with E-state index < -0.39 is 0 Å². The third kappa shape index (κ3) is 2.65. The molecule has 0 radical (unpaired) electrons. The Kier molecular flexibility index (Phi) is 3.75. The molecule has 1 aliphatic rings. The Bertz CT molecular complexity index is 901. The van der Waals surface area contributed by atoms with Crippen molar-refractivity contribution in [3.05, 3.63) is 77.5 Å². The van der Waals surface area contributed by atoms with Gasteiger partial charge < -0.3 is 5.73 Å². The Morgan fingerprint density at radius 1 is 1.08 bits per heavy atom. The van der Waals surface area contributed by atoms with E-state index in [2.05, 4.69) is 40.2 Å². The van der Waals surface area contributed by atoms with Crippen LogP contribution >= 0.6 is 0 Å². The minimum Gasteiger partial charge on any atom is -0.368 e. The lowest BCUT2D eigenvalue weighted by molar-refractivity contribution is -0.124. The Balaban J connectivity index is 1.70. The van der Waals surface area contributed by atoms with Gasteiger partial charge in [0.15, 0.2) is 0 Å². The SMILES string of the molecule is NC(=O)C1Cc2ccccc2CN1Cc1cccc2cccnc12. The molecule has 1 unspecified atom stereocenters. The third-order valence-corrected chi connectivity index (χ3v) is 4.76. The second-order valence-corrected chi connectivity index (χ2v) is 6.29. The number of amides is 1. The fourth-order valence-electron chi connectivity index (χ4n) is 3.54. The number of nitrogens with two attached hydrogens (primary N) is 1. The highest BCUT2D eigenvalue weighted by atomic mass is 16.1. The Morgan fingerprint density at radius 3 is 2.71 bits per heavy atom. The van der Waals surface area contributed by atoms with Crippen LogP contribution in [-0.4, -0.2) is 21.8 Å². The molecule has 0 aliphatic carbocycles. The van der Waals surface area contributed by atoms with Gasteiger partial charge in [-0.1, -0.05) is 48.5 Å². The molecule has 2 aromatic carbocycles. The summed E-state index contributed by atoms with van der Waals surface area (Å²) in [6.45, 7) is 1.39. The standard InChI is InChI=1S/C20H19N3O/c21-20(24)18-11-15-5-1-2-6-16(15)12-23(18)13-17-8-3-7-14-9-4-10-22-19(14)17/h1-10,18H,11-13H2,(H2,21,24). The van der Waals surface area contributed by atoms with Gasteiger partial charge in [-0.25, -0.2) is 0 Å². The quantitative estimate of drug-likeness (QED) is 0.808.